The van der Waals surface area contributed by atoms with Crippen molar-refractivity contribution in [3.63, 3.8) is 0 Å². The second-order valence-electron chi connectivity index (χ2n) is 5.03. The lowest BCUT2D eigenvalue weighted by Gasteiger charge is -2.41. The summed E-state index contributed by atoms with van der Waals surface area (Å²) < 4.78 is 23.0. The van der Waals surface area contributed by atoms with Crippen LogP contribution in [0.25, 0.3) is 0 Å². The fourth-order valence-electron chi connectivity index (χ4n) is 2.72. The number of hydrogen-bond donors (Lipinski definition) is 1. The largest absolute Gasteiger partial charge is 0.390 e. The first-order valence-electron chi connectivity index (χ1n) is 6.17. The molecule has 0 radical (unpaired) electrons. The Balaban J connectivity index is 2.07. The van der Waals surface area contributed by atoms with Gasteiger partial charge >= 0.3 is 0 Å². The summed E-state index contributed by atoms with van der Waals surface area (Å²) in [7, 11) is -3.02. The van der Waals surface area contributed by atoms with Crippen molar-refractivity contribution in [1.82, 2.24) is 4.90 Å². The second-order valence-corrected chi connectivity index (χ2v) is 7.19. The lowest BCUT2D eigenvalue weighted by molar-refractivity contribution is 0.0266. The molecular weight excluding hydrogens is 226 g/mol. The molecule has 0 bridgehead atoms. The van der Waals surface area contributed by atoms with E-state index in [1.54, 1.807) is 0 Å². The van der Waals surface area contributed by atoms with Crippen molar-refractivity contribution in [2.75, 3.05) is 18.1 Å². The monoisotopic (exact) mass is 247 g/mol. The van der Waals surface area contributed by atoms with Gasteiger partial charge in [0.05, 0.1) is 23.7 Å². The van der Waals surface area contributed by atoms with Gasteiger partial charge in [0.2, 0.25) is 0 Å². The molecule has 1 aliphatic heterocycles. The summed E-state index contributed by atoms with van der Waals surface area (Å²) in [5.74, 6) is 0.0925. The van der Waals surface area contributed by atoms with Gasteiger partial charge in [0.1, 0.15) is 0 Å². The van der Waals surface area contributed by atoms with Crippen LogP contribution in [0.4, 0.5) is 0 Å². The third kappa shape index (κ3) is 2.41. The smallest absolute Gasteiger partial charge is 0.154 e. The van der Waals surface area contributed by atoms with E-state index in [0.29, 0.717) is 6.04 Å². The standard InChI is InChI=1S/C11H21NO3S/c1-2-6-12(9-4-3-5-9)10-7-16(14,15)8-11(10)13/h9-11,13H,2-8H2,1H3/t10-,11-/m1/s1. The number of hydrogen-bond acceptors (Lipinski definition) is 4. The molecule has 2 aliphatic rings. The zero-order chi connectivity index (χ0) is 11.8. The molecule has 4 nitrogen and oxygen atoms in total. The molecule has 0 unspecified atom stereocenters. The Morgan fingerprint density at radius 1 is 1.31 bits per heavy atom. The van der Waals surface area contributed by atoms with E-state index in [4.69, 9.17) is 0 Å². The Morgan fingerprint density at radius 3 is 2.38 bits per heavy atom. The quantitative estimate of drug-likeness (QED) is 0.781. The number of aliphatic hydroxyl groups is 1. The van der Waals surface area contributed by atoms with Crippen LogP contribution in [-0.2, 0) is 9.84 Å². The molecule has 0 spiro atoms. The number of aliphatic hydroxyl groups excluding tert-OH is 1. The van der Waals surface area contributed by atoms with Crippen molar-refractivity contribution >= 4 is 9.84 Å². The second kappa shape index (κ2) is 4.63. The highest BCUT2D eigenvalue weighted by Gasteiger charge is 2.42. The summed E-state index contributed by atoms with van der Waals surface area (Å²) in [4.78, 5) is 2.23. The van der Waals surface area contributed by atoms with Gasteiger partial charge in [-0.25, -0.2) is 8.42 Å². The Hall–Kier alpha value is -0.130. The van der Waals surface area contributed by atoms with Crippen LogP contribution in [0, 0.1) is 0 Å². The van der Waals surface area contributed by atoms with E-state index in [0.717, 1.165) is 25.8 Å². The molecule has 16 heavy (non-hydrogen) atoms. The molecular formula is C11H21NO3S. The molecule has 2 rings (SSSR count). The van der Waals surface area contributed by atoms with Gasteiger partial charge in [-0.15, -0.1) is 0 Å². The average Bonchev–Trinajstić information content (AvgIpc) is 2.36. The summed E-state index contributed by atoms with van der Waals surface area (Å²) in [6, 6.07) is 0.350. The van der Waals surface area contributed by atoms with Gasteiger partial charge in [0, 0.05) is 6.04 Å². The fraction of sp³-hybridized carbons (Fsp3) is 1.00. The lowest BCUT2D eigenvalue weighted by atomic mass is 9.89. The average molecular weight is 247 g/mol. The van der Waals surface area contributed by atoms with Crippen molar-refractivity contribution < 1.29 is 13.5 Å². The zero-order valence-corrected chi connectivity index (χ0v) is 10.6. The predicted molar refractivity (Wildman–Crippen MR) is 63.1 cm³/mol. The maximum Gasteiger partial charge on any atom is 0.154 e. The van der Waals surface area contributed by atoms with Crippen LogP contribution in [0.2, 0.25) is 0 Å². The summed E-state index contributed by atoms with van der Waals surface area (Å²) in [6.45, 7) is 3.00. The van der Waals surface area contributed by atoms with E-state index >= 15 is 0 Å². The molecule has 0 amide bonds. The first-order valence-corrected chi connectivity index (χ1v) is 8.00. The third-order valence-corrected chi connectivity index (χ3v) is 5.44. The third-order valence-electron chi connectivity index (χ3n) is 3.75. The van der Waals surface area contributed by atoms with E-state index in [9.17, 15) is 13.5 Å². The van der Waals surface area contributed by atoms with Gasteiger partial charge < -0.3 is 5.11 Å². The van der Waals surface area contributed by atoms with Crippen LogP contribution in [0.1, 0.15) is 32.6 Å². The summed E-state index contributed by atoms with van der Waals surface area (Å²) in [6.07, 6.45) is 3.88. The molecule has 0 aromatic carbocycles. The maximum atomic E-state index is 11.5. The molecule has 1 saturated carbocycles. The number of sulfone groups is 1. The predicted octanol–water partition coefficient (Wildman–Crippen LogP) is 0.409. The highest BCUT2D eigenvalue weighted by atomic mass is 32.2. The van der Waals surface area contributed by atoms with Crippen molar-refractivity contribution in [2.45, 2.75) is 50.8 Å². The van der Waals surface area contributed by atoms with E-state index in [-0.39, 0.29) is 17.5 Å². The maximum absolute atomic E-state index is 11.5. The van der Waals surface area contributed by atoms with Gasteiger partial charge in [-0.3, -0.25) is 4.90 Å². The Bertz CT molecular complexity index is 337. The summed E-state index contributed by atoms with van der Waals surface area (Å²) >= 11 is 0. The van der Waals surface area contributed by atoms with Crippen molar-refractivity contribution in [1.29, 1.82) is 0 Å². The van der Waals surface area contributed by atoms with E-state index in [1.807, 2.05) is 0 Å². The van der Waals surface area contributed by atoms with E-state index < -0.39 is 15.9 Å². The van der Waals surface area contributed by atoms with Crippen molar-refractivity contribution in [2.24, 2.45) is 0 Å². The topological polar surface area (TPSA) is 57.6 Å². The minimum absolute atomic E-state index is 0.0510. The van der Waals surface area contributed by atoms with Gasteiger partial charge in [0.25, 0.3) is 0 Å². The van der Waals surface area contributed by atoms with Crippen LogP contribution in [0.15, 0.2) is 0 Å². The first-order chi connectivity index (χ1) is 7.53. The normalized spacial score (nSPS) is 34.2. The Labute approximate surface area is 97.6 Å². The highest BCUT2D eigenvalue weighted by Crippen LogP contribution is 2.30. The van der Waals surface area contributed by atoms with Crippen LogP contribution in [0.5, 0.6) is 0 Å². The Kier molecular flexibility index (Phi) is 3.56. The van der Waals surface area contributed by atoms with Crippen LogP contribution >= 0.6 is 0 Å². The molecule has 5 heteroatoms. The number of nitrogens with zero attached hydrogens (tertiary/aromatic N) is 1. The van der Waals surface area contributed by atoms with E-state index in [2.05, 4.69) is 11.8 Å². The van der Waals surface area contributed by atoms with E-state index in [1.165, 1.54) is 6.42 Å². The molecule has 0 aromatic heterocycles. The zero-order valence-electron chi connectivity index (χ0n) is 9.80. The Morgan fingerprint density at radius 2 is 2.00 bits per heavy atom. The molecule has 1 N–H and O–H groups in total. The first kappa shape index (κ1) is 12.3. The molecule has 0 aromatic rings. The van der Waals surface area contributed by atoms with Gasteiger partial charge in [0.15, 0.2) is 9.84 Å². The molecule has 2 atom stereocenters. The minimum Gasteiger partial charge on any atom is -0.390 e. The molecule has 1 saturated heterocycles. The van der Waals surface area contributed by atoms with Gasteiger partial charge in [-0.05, 0) is 25.8 Å². The van der Waals surface area contributed by atoms with Crippen LogP contribution < -0.4 is 0 Å². The lowest BCUT2D eigenvalue weighted by Crippen LogP contribution is -2.51. The van der Waals surface area contributed by atoms with Crippen molar-refractivity contribution in [3.05, 3.63) is 0 Å². The number of rotatable bonds is 4. The van der Waals surface area contributed by atoms with Crippen LogP contribution in [0.3, 0.4) is 0 Å². The summed E-state index contributed by atoms with van der Waals surface area (Å²) in [5.41, 5.74) is 0. The molecule has 2 fully saturated rings. The SMILES string of the molecule is CCCN(C1CCC1)[C@@H]1CS(=O)(=O)C[C@H]1O. The summed E-state index contributed by atoms with van der Waals surface area (Å²) in [5, 5.41) is 9.87. The minimum atomic E-state index is -3.02. The molecule has 1 heterocycles. The van der Waals surface area contributed by atoms with Crippen LogP contribution in [-0.4, -0.2) is 54.7 Å². The van der Waals surface area contributed by atoms with Crippen molar-refractivity contribution in [3.8, 4) is 0 Å². The van der Waals surface area contributed by atoms with Gasteiger partial charge in [-0.2, -0.15) is 0 Å². The molecule has 94 valence electrons. The van der Waals surface area contributed by atoms with Gasteiger partial charge in [-0.1, -0.05) is 13.3 Å². The highest BCUT2D eigenvalue weighted by molar-refractivity contribution is 7.91. The molecule has 1 aliphatic carbocycles. The fourth-order valence-corrected chi connectivity index (χ4v) is 4.54.